The summed E-state index contributed by atoms with van der Waals surface area (Å²) in [6, 6.07) is 7.33. The normalized spacial score (nSPS) is 11.3. The summed E-state index contributed by atoms with van der Waals surface area (Å²) in [4.78, 5) is 17.1. The van der Waals surface area contributed by atoms with Gasteiger partial charge in [0.2, 0.25) is 4.96 Å². The lowest BCUT2D eigenvalue weighted by Gasteiger charge is -1.95. The third-order valence-corrected chi connectivity index (χ3v) is 4.14. The highest BCUT2D eigenvalue weighted by Crippen LogP contribution is 2.21. The van der Waals surface area contributed by atoms with E-state index >= 15 is 0 Å². The lowest BCUT2D eigenvalue weighted by atomic mass is 10.2. The lowest BCUT2D eigenvalue weighted by molar-refractivity contribution is 0.870. The Morgan fingerprint density at radius 2 is 2.19 bits per heavy atom. The zero-order valence-electron chi connectivity index (χ0n) is 8.38. The van der Waals surface area contributed by atoms with Gasteiger partial charge >= 0.3 is 0 Å². The van der Waals surface area contributed by atoms with E-state index in [2.05, 4.69) is 10.1 Å². The van der Waals surface area contributed by atoms with Crippen LogP contribution in [0.3, 0.4) is 0 Å². The fourth-order valence-corrected chi connectivity index (χ4v) is 2.87. The summed E-state index contributed by atoms with van der Waals surface area (Å²) in [7, 11) is 0. The Morgan fingerprint density at radius 1 is 1.38 bits per heavy atom. The van der Waals surface area contributed by atoms with Gasteiger partial charge in [0.25, 0.3) is 5.56 Å². The summed E-state index contributed by atoms with van der Waals surface area (Å²) in [6.07, 6.45) is 1.93. The smallest absolute Gasteiger partial charge is 0.267 e. The van der Waals surface area contributed by atoms with Crippen LogP contribution >= 0.6 is 23.1 Å². The van der Waals surface area contributed by atoms with E-state index in [-0.39, 0.29) is 5.56 Å². The minimum atomic E-state index is -0.0999. The van der Waals surface area contributed by atoms with Crippen LogP contribution in [0.1, 0.15) is 0 Å². The molecule has 1 aromatic carbocycles. The van der Waals surface area contributed by atoms with E-state index in [1.54, 1.807) is 6.07 Å². The van der Waals surface area contributed by atoms with Gasteiger partial charge in [-0.05, 0) is 18.4 Å². The molecule has 0 unspecified atom stereocenters. The van der Waals surface area contributed by atoms with Gasteiger partial charge in [0, 0.05) is 0 Å². The second-order valence-electron chi connectivity index (χ2n) is 3.20. The van der Waals surface area contributed by atoms with Gasteiger partial charge in [-0.2, -0.15) is 4.52 Å². The molecular formula is C10H7N3OS2. The molecule has 2 heterocycles. The highest BCUT2D eigenvalue weighted by Gasteiger charge is 2.09. The molecule has 3 aromatic rings. The molecule has 0 amide bonds. The van der Waals surface area contributed by atoms with E-state index in [4.69, 9.17) is 0 Å². The van der Waals surface area contributed by atoms with Crippen molar-refractivity contribution in [1.29, 1.82) is 0 Å². The average molecular weight is 249 g/mol. The number of rotatable bonds is 1. The van der Waals surface area contributed by atoms with Crippen molar-refractivity contribution in [3.05, 3.63) is 34.6 Å². The first-order valence-electron chi connectivity index (χ1n) is 4.62. The van der Waals surface area contributed by atoms with Crippen molar-refractivity contribution in [3.63, 3.8) is 0 Å². The van der Waals surface area contributed by atoms with Crippen LogP contribution in [-0.4, -0.2) is 20.9 Å². The molecule has 0 saturated carbocycles. The summed E-state index contributed by atoms with van der Waals surface area (Å²) >= 11 is 2.95. The van der Waals surface area contributed by atoms with Crippen molar-refractivity contribution in [1.82, 2.24) is 14.6 Å². The molecule has 0 aliphatic heterocycles. The number of aromatic nitrogens is 3. The molecule has 0 fully saturated rings. The summed E-state index contributed by atoms with van der Waals surface area (Å²) in [5.74, 6) is 0. The Labute approximate surface area is 98.9 Å². The van der Waals surface area contributed by atoms with E-state index in [0.29, 0.717) is 10.3 Å². The molecule has 16 heavy (non-hydrogen) atoms. The number of nitrogens with zero attached hydrogens (tertiary/aromatic N) is 3. The molecule has 0 radical (unpaired) electrons. The van der Waals surface area contributed by atoms with Gasteiger partial charge in [-0.15, -0.1) is 5.10 Å². The minimum absolute atomic E-state index is 0.0999. The number of benzene rings is 1. The van der Waals surface area contributed by atoms with Gasteiger partial charge in [0.1, 0.15) is 0 Å². The van der Waals surface area contributed by atoms with Crippen LogP contribution in [0.25, 0.3) is 15.9 Å². The SMILES string of the molecule is CSc1nn2c(=O)c3ccccc3nc2s1. The van der Waals surface area contributed by atoms with Crippen molar-refractivity contribution in [3.8, 4) is 0 Å². The van der Waals surface area contributed by atoms with Gasteiger partial charge in [-0.3, -0.25) is 4.79 Å². The standard InChI is InChI=1S/C10H7N3OS2/c1-15-10-12-13-8(14)6-4-2-3-5-7(6)11-9(13)16-10/h2-5H,1H3. The molecule has 2 aromatic heterocycles. The molecule has 3 rings (SSSR count). The predicted octanol–water partition coefficient (Wildman–Crippen LogP) is 2.03. The van der Waals surface area contributed by atoms with Crippen molar-refractivity contribution in [2.75, 3.05) is 6.26 Å². The summed E-state index contributed by atoms with van der Waals surface area (Å²) in [5, 5.41) is 4.81. The van der Waals surface area contributed by atoms with Crippen molar-refractivity contribution in [2.45, 2.75) is 4.34 Å². The molecule has 0 aliphatic carbocycles. The van der Waals surface area contributed by atoms with E-state index < -0.39 is 0 Å². The Balaban J connectivity index is 2.53. The maximum Gasteiger partial charge on any atom is 0.283 e. The topological polar surface area (TPSA) is 47.3 Å². The lowest BCUT2D eigenvalue weighted by Crippen LogP contribution is -2.14. The second-order valence-corrected chi connectivity index (χ2v) is 5.21. The van der Waals surface area contributed by atoms with Crippen LogP contribution in [0.5, 0.6) is 0 Å². The molecule has 0 saturated heterocycles. The molecule has 0 aliphatic rings. The van der Waals surface area contributed by atoms with Gasteiger partial charge in [0.15, 0.2) is 4.34 Å². The quantitative estimate of drug-likeness (QED) is 0.619. The molecule has 0 N–H and O–H groups in total. The fraction of sp³-hybridized carbons (Fsp3) is 0.100. The largest absolute Gasteiger partial charge is 0.283 e. The van der Waals surface area contributed by atoms with Crippen LogP contribution in [-0.2, 0) is 0 Å². The maximum absolute atomic E-state index is 12.1. The zero-order valence-corrected chi connectivity index (χ0v) is 10.0. The highest BCUT2D eigenvalue weighted by atomic mass is 32.2. The molecule has 0 atom stereocenters. The van der Waals surface area contributed by atoms with Crippen LogP contribution in [0.15, 0.2) is 33.4 Å². The van der Waals surface area contributed by atoms with Crippen molar-refractivity contribution < 1.29 is 0 Å². The van der Waals surface area contributed by atoms with Crippen LogP contribution in [0.2, 0.25) is 0 Å². The Morgan fingerprint density at radius 3 is 3.00 bits per heavy atom. The van der Waals surface area contributed by atoms with E-state index in [1.807, 2.05) is 24.5 Å². The Kier molecular flexibility index (Phi) is 2.19. The highest BCUT2D eigenvalue weighted by molar-refractivity contribution is 8.00. The minimum Gasteiger partial charge on any atom is -0.267 e. The van der Waals surface area contributed by atoms with E-state index in [0.717, 1.165) is 9.86 Å². The first kappa shape index (κ1) is 9.80. The molecule has 6 heteroatoms. The maximum atomic E-state index is 12.1. The first-order chi connectivity index (χ1) is 7.79. The zero-order chi connectivity index (χ0) is 11.1. The van der Waals surface area contributed by atoms with Gasteiger partial charge in [0.05, 0.1) is 10.9 Å². The summed E-state index contributed by atoms with van der Waals surface area (Å²) in [5.41, 5.74) is 0.626. The van der Waals surface area contributed by atoms with Gasteiger partial charge < -0.3 is 0 Å². The van der Waals surface area contributed by atoms with E-state index in [1.165, 1.54) is 27.6 Å². The molecule has 0 spiro atoms. The second kappa shape index (κ2) is 3.57. The summed E-state index contributed by atoms with van der Waals surface area (Å²) in [6.45, 7) is 0. The van der Waals surface area contributed by atoms with Crippen LogP contribution in [0, 0.1) is 0 Å². The van der Waals surface area contributed by atoms with Gasteiger partial charge in [-0.1, -0.05) is 35.2 Å². The number of fused-ring (bicyclic) bond motifs is 2. The fourth-order valence-electron chi connectivity index (χ4n) is 1.52. The molecule has 4 nitrogen and oxygen atoms in total. The van der Waals surface area contributed by atoms with Gasteiger partial charge in [-0.25, -0.2) is 4.98 Å². The average Bonchev–Trinajstić information content (AvgIpc) is 2.73. The third kappa shape index (κ3) is 1.34. The Bertz CT molecular complexity index is 732. The predicted molar refractivity (Wildman–Crippen MR) is 66.4 cm³/mol. The Hall–Kier alpha value is -1.40. The molecular weight excluding hydrogens is 242 g/mol. The number of thioether (sulfide) groups is 1. The summed E-state index contributed by atoms with van der Waals surface area (Å²) < 4.78 is 2.22. The number of hydrogen-bond donors (Lipinski definition) is 0. The van der Waals surface area contributed by atoms with Crippen molar-refractivity contribution in [2.24, 2.45) is 0 Å². The molecule has 80 valence electrons. The third-order valence-electron chi connectivity index (χ3n) is 2.26. The van der Waals surface area contributed by atoms with E-state index in [9.17, 15) is 4.79 Å². The monoisotopic (exact) mass is 249 g/mol. The van der Waals surface area contributed by atoms with Crippen LogP contribution in [0.4, 0.5) is 0 Å². The van der Waals surface area contributed by atoms with Crippen molar-refractivity contribution >= 4 is 39.0 Å². The van der Waals surface area contributed by atoms with Crippen LogP contribution < -0.4 is 5.56 Å². The number of para-hydroxylation sites is 1. The molecule has 0 bridgehead atoms. The number of hydrogen-bond acceptors (Lipinski definition) is 5. The first-order valence-corrected chi connectivity index (χ1v) is 6.66.